The molecule has 0 atom stereocenters. The SMILES string of the molecule is Cc1ccc(Br)c(NC(=O)c2ccc(F)cc2I)c1. The van der Waals surface area contributed by atoms with E-state index in [9.17, 15) is 9.18 Å². The largest absolute Gasteiger partial charge is 0.321 e. The molecule has 1 amide bonds. The Hall–Kier alpha value is -0.950. The highest BCUT2D eigenvalue weighted by Gasteiger charge is 2.12. The number of carbonyl (C=O) groups is 1. The number of nitrogens with one attached hydrogen (secondary N) is 1. The van der Waals surface area contributed by atoms with Crippen molar-refractivity contribution >= 4 is 50.1 Å². The Morgan fingerprint density at radius 3 is 2.68 bits per heavy atom. The highest BCUT2D eigenvalue weighted by atomic mass is 127. The van der Waals surface area contributed by atoms with Crippen LogP contribution in [0.25, 0.3) is 0 Å². The number of hydrogen-bond acceptors (Lipinski definition) is 1. The van der Waals surface area contributed by atoms with Crippen molar-refractivity contribution in [1.82, 2.24) is 0 Å². The molecule has 0 aliphatic carbocycles. The first-order valence-corrected chi connectivity index (χ1v) is 7.37. The van der Waals surface area contributed by atoms with Crippen LogP contribution < -0.4 is 5.32 Å². The molecule has 0 radical (unpaired) electrons. The normalized spacial score (nSPS) is 10.3. The van der Waals surface area contributed by atoms with Gasteiger partial charge < -0.3 is 5.32 Å². The van der Waals surface area contributed by atoms with Gasteiger partial charge in [0.05, 0.1) is 11.3 Å². The van der Waals surface area contributed by atoms with Gasteiger partial charge in [-0.3, -0.25) is 4.79 Å². The van der Waals surface area contributed by atoms with Crippen LogP contribution in [-0.2, 0) is 0 Å². The molecule has 0 saturated carbocycles. The predicted molar refractivity (Wildman–Crippen MR) is 85.9 cm³/mol. The third-order valence-corrected chi connectivity index (χ3v) is 4.13. The van der Waals surface area contributed by atoms with Crippen LogP contribution >= 0.6 is 38.5 Å². The van der Waals surface area contributed by atoms with E-state index in [4.69, 9.17) is 0 Å². The van der Waals surface area contributed by atoms with Gasteiger partial charge in [-0.25, -0.2) is 4.39 Å². The molecule has 1 N–H and O–H groups in total. The van der Waals surface area contributed by atoms with Crippen LogP contribution in [0.5, 0.6) is 0 Å². The first-order valence-electron chi connectivity index (χ1n) is 5.50. The fourth-order valence-corrected chi connectivity index (χ4v) is 2.67. The number of rotatable bonds is 2. The van der Waals surface area contributed by atoms with Crippen molar-refractivity contribution < 1.29 is 9.18 Å². The second-order valence-electron chi connectivity index (χ2n) is 4.06. The topological polar surface area (TPSA) is 29.1 Å². The van der Waals surface area contributed by atoms with E-state index in [2.05, 4.69) is 21.2 Å². The van der Waals surface area contributed by atoms with Gasteiger partial charge in [-0.05, 0) is 81.3 Å². The van der Waals surface area contributed by atoms with Crippen LogP contribution in [0.1, 0.15) is 15.9 Å². The molecule has 2 rings (SSSR count). The van der Waals surface area contributed by atoms with E-state index < -0.39 is 0 Å². The Morgan fingerprint density at radius 1 is 1.26 bits per heavy atom. The minimum absolute atomic E-state index is 0.254. The van der Waals surface area contributed by atoms with E-state index in [0.29, 0.717) is 14.8 Å². The lowest BCUT2D eigenvalue weighted by Crippen LogP contribution is -2.14. The van der Waals surface area contributed by atoms with Gasteiger partial charge in [0.2, 0.25) is 0 Å². The van der Waals surface area contributed by atoms with Crippen LogP contribution in [0.2, 0.25) is 0 Å². The van der Waals surface area contributed by atoms with Crippen molar-refractivity contribution in [1.29, 1.82) is 0 Å². The molecule has 2 aromatic rings. The lowest BCUT2D eigenvalue weighted by molar-refractivity contribution is 0.102. The predicted octanol–water partition coefficient (Wildman–Crippen LogP) is 4.75. The summed E-state index contributed by atoms with van der Waals surface area (Å²) in [4.78, 5) is 12.2. The lowest BCUT2D eigenvalue weighted by Gasteiger charge is -2.09. The van der Waals surface area contributed by atoms with E-state index in [1.165, 1.54) is 18.2 Å². The molecule has 2 aromatic carbocycles. The number of amides is 1. The average Bonchev–Trinajstić information content (AvgIpc) is 2.33. The summed E-state index contributed by atoms with van der Waals surface area (Å²) in [5, 5.41) is 2.81. The average molecular weight is 434 g/mol. The highest BCUT2D eigenvalue weighted by molar-refractivity contribution is 14.1. The molecule has 0 unspecified atom stereocenters. The molecule has 0 saturated heterocycles. The summed E-state index contributed by atoms with van der Waals surface area (Å²) < 4.78 is 14.4. The van der Waals surface area contributed by atoms with E-state index >= 15 is 0 Å². The third kappa shape index (κ3) is 3.54. The van der Waals surface area contributed by atoms with Crippen LogP contribution in [-0.4, -0.2) is 5.91 Å². The molecule has 0 fully saturated rings. The van der Waals surface area contributed by atoms with Gasteiger partial charge in [0.1, 0.15) is 5.82 Å². The second-order valence-corrected chi connectivity index (χ2v) is 6.08. The summed E-state index contributed by atoms with van der Waals surface area (Å²) in [6, 6.07) is 9.79. The molecule has 0 heterocycles. The Balaban J connectivity index is 2.28. The number of carbonyl (C=O) groups excluding carboxylic acids is 1. The van der Waals surface area contributed by atoms with E-state index in [-0.39, 0.29) is 11.7 Å². The lowest BCUT2D eigenvalue weighted by atomic mass is 10.2. The Bertz CT molecular complexity index is 645. The zero-order valence-corrected chi connectivity index (χ0v) is 13.7. The summed E-state index contributed by atoms with van der Waals surface area (Å²) >= 11 is 5.33. The number of anilines is 1. The molecule has 5 heteroatoms. The molecule has 2 nitrogen and oxygen atoms in total. The van der Waals surface area contributed by atoms with Crippen LogP contribution in [0.4, 0.5) is 10.1 Å². The molecule has 19 heavy (non-hydrogen) atoms. The van der Waals surface area contributed by atoms with Gasteiger partial charge in [-0.2, -0.15) is 0 Å². The summed E-state index contributed by atoms with van der Waals surface area (Å²) in [5.41, 5.74) is 2.20. The standard InChI is InChI=1S/C14H10BrFINO/c1-8-2-5-11(15)13(6-8)18-14(19)10-4-3-9(16)7-12(10)17/h2-7H,1H3,(H,18,19). The maximum atomic E-state index is 13.0. The molecular formula is C14H10BrFINO. The fraction of sp³-hybridized carbons (Fsp3) is 0.0714. The Kier molecular flexibility index (Phi) is 4.57. The van der Waals surface area contributed by atoms with Crippen molar-refractivity contribution in [3.63, 3.8) is 0 Å². The van der Waals surface area contributed by atoms with E-state index in [0.717, 1.165) is 10.0 Å². The number of hydrogen-bond donors (Lipinski definition) is 1. The van der Waals surface area contributed by atoms with Crippen LogP contribution in [0.3, 0.4) is 0 Å². The van der Waals surface area contributed by atoms with Gasteiger partial charge in [0, 0.05) is 8.04 Å². The Labute approximate surface area is 132 Å². The summed E-state index contributed by atoms with van der Waals surface area (Å²) in [5.74, 6) is -0.603. The minimum Gasteiger partial charge on any atom is -0.321 e. The number of halogens is 3. The molecule has 98 valence electrons. The quantitative estimate of drug-likeness (QED) is 0.680. The van der Waals surface area contributed by atoms with Gasteiger partial charge in [-0.1, -0.05) is 6.07 Å². The molecule has 0 aliphatic rings. The van der Waals surface area contributed by atoms with E-state index in [1.807, 2.05) is 47.7 Å². The van der Waals surface area contributed by atoms with E-state index in [1.54, 1.807) is 0 Å². The van der Waals surface area contributed by atoms with Crippen molar-refractivity contribution in [2.45, 2.75) is 6.92 Å². The minimum atomic E-state index is -0.349. The van der Waals surface area contributed by atoms with Crippen LogP contribution in [0.15, 0.2) is 40.9 Å². The molecule has 0 aromatic heterocycles. The number of benzene rings is 2. The Morgan fingerprint density at radius 2 is 2.00 bits per heavy atom. The first-order chi connectivity index (χ1) is 8.97. The molecule has 0 bridgehead atoms. The summed E-state index contributed by atoms with van der Waals surface area (Å²) in [6.45, 7) is 1.95. The first kappa shape index (κ1) is 14.5. The maximum absolute atomic E-state index is 13.0. The summed E-state index contributed by atoms with van der Waals surface area (Å²) in [6.07, 6.45) is 0. The van der Waals surface area contributed by atoms with Crippen LogP contribution in [0, 0.1) is 16.3 Å². The van der Waals surface area contributed by atoms with Crippen molar-refractivity contribution in [3.8, 4) is 0 Å². The van der Waals surface area contributed by atoms with Crippen molar-refractivity contribution in [2.75, 3.05) is 5.32 Å². The summed E-state index contributed by atoms with van der Waals surface area (Å²) in [7, 11) is 0. The zero-order valence-electron chi connectivity index (χ0n) is 10.0. The molecule has 0 spiro atoms. The van der Waals surface area contributed by atoms with Crippen molar-refractivity contribution in [2.24, 2.45) is 0 Å². The van der Waals surface area contributed by atoms with Gasteiger partial charge in [0.25, 0.3) is 5.91 Å². The zero-order chi connectivity index (χ0) is 14.0. The smallest absolute Gasteiger partial charge is 0.256 e. The van der Waals surface area contributed by atoms with Crippen molar-refractivity contribution in [3.05, 3.63) is 61.4 Å². The second kappa shape index (κ2) is 6.00. The number of aryl methyl sites for hydroxylation is 1. The highest BCUT2D eigenvalue weighted by Crippen LogP contribution is 2.24. The fourth-order valence-electron chi connectivity index (χ4n) is 1.60. The third-order valence-electron chi connectivity index (χ3n) is 2.55. The van der Waals surface area contributed by atoms with Gasteiger partial charge >= 0.3 is 0 Å². The molecule has 0 aliphatic heterocycles. The maximum Gasteiger partial charge on any atom is 0.256 e. The molecular weight excluding hydrogens is 424 g/mol. The monoisotopic (exact) mass is 433 g/mol. The van der Waals surface area contributed by atoms with Gasteiger partial charge in [0.15, 0.2) is 0 Å². The van der Waals surface area contributed by atoms with Gasteiger partial charge in [-0.15, -0.1) is 0 Å².